The predicted octanol–water partition coefficient (Wildman–Crippen LogP) is 2.16. The first-order chi connectivity index (χ1) is 9.39. The van der Waals surface area contributed by atoms with Crippen LogP contribution in [0.3, 0.4) is 0 Å². The molecular formula is C16H23NO3. The number of carbonyl (C=O) groups excluding carboxylic acids is 1. The third-order valence-electron chi connectivity index (χ3n) is 5.46. The molecule has 0 aromatic heterocycles. The molecule has 1 amide bonds. The standard InChI is InChI=1S/C16H23NO3/c1-16(2)5-7-17(8-6-16)14(18)12-10-3-4-11(9-10)13(12)15(19)20/h3-4,10-13H,5-9H2,1-2H3,(H,19,20). The van der Waals surface area contributed by atoms with E-state index in [9.17, 15) is 14.7 Å². The molecule has 1 aliphatic heterocycles. The molecular weight excluding hydrogens is 254 g/mol. The quantitative estimate of drug-likeness (QED) is 0.787. The second kappa shape index (κ2) is 4.61. The Morgan fingerprint density at radius 2 is 1.65 bits per heavy atom. The van der Waals surface area contributed by atoms with Crippen LogP contribution in [0, 0.1) is 29.1 Å². The van der Waals surface area contributed by atoms with E-state index in [1.165, 1.54) is 0 Å². The minimum atomic E-state index is -0.808. The summed E-state index contributed by atoms with van der Waals surface area (Å²) in [7, 11) is 0. The van der Waals surface area contributed by atoms with Crippen LogP contribution >= 0.6 is 0 Å². The average molecular weight is 277 g/mol. The molecule has 0 spiro atoms. The Bertz CT molecular complexity index is 458. The minimum absolute atomic E-state index is 0.0627. The van der Waals surface area contributed by atoms with Crippen molar-refractivity contribution in [2.75, 3.05) is 13.1 Å². The number of nitrogens with zero attached hydrogens (tertiary/aromatic N) is 1. The number of aliphatic carboxylic acids is 1. The van der Waals surface area contributed by atoms with Crippen LogP contribution in [0.5, 0.6) is 0 Å². The number of carbonyl (C=O) groups is 2. The lowest BCUT2D eigenvalue weighted by atomic mass is 9.79. The van der Waals surface area contributed by atoms with Gasteiger partial charge in [0.1, 0.15) is 0 Å². The van der Waals surface area contributed by atoms with Gasteiger partial charge in [-0.15, -0.1) is 0 Å². The largest absolute Gasteiger partial charge is 0.481 e. The van der Waals surface area contributed by atoms with Crippen molar-refractivity contribution in [3.63, 3.8) is 0 Å². The van der Waals surface area contributed by atoms with Gasteiger partial charge in [0.15, 0.2) is 0 Å². The molecule has 4 atom stereocenters. The van der Waals surface area contributed by atoms with Crippen LogP contribution in [-0.2, 0) is 9.59 Å². The predicted molar refractivity (Wildman–Crippen MR) is 74.9 cm³/mol. The molecule has 0 aromatic rings. The number of amides is 1. The molecule has 3 rings (SSSR count). The molecule has 3 aliphatic rings. The normalized spacial score (nSPS) is 38.2. The zero-order valence-corrected chi connectivity index (χ0v) is 12.2. The number of fused-ring (bicyclic) bond motifs is 2. The first kappa shape index (κ1) is 13.7. The number of carboxylic acid groups (broad SMARTS) is 1. The Morgan fingerprint density at radius 3 is 2.20 bits per heavy atom. The summed E-state index contributed by atoms with van der Waals surface area (Å²) < 4.78 is 0. The van der Waals surface area contributed by atoms with Gasteiger partial charge in [0.05, 0.1) is 11.8 Å². The van der Waals surface area contributed by atoms with Crippen LogP contribution in [0.4, 0.5) is 0 Å². The first-order valence-corrected chi connectivity index (χ1v) is 7.59. The van der Waals surface area contributed by atoms with Crippen LogP contribution in [0.25, 0.3) is 0 Å². The van der Waals surface area contributed by atoms with Crippen molar-refractivity contribution in [3.05, 3.63) is 12.2 Å². The van der Waals surface area contributed by atoms with Crippen molar-refractivity contribution in [3.8, 4) is 0 Å². The highest BCUT2D eigenvalue weighted by atomic mass is 16.4. The monoisotopic (exact) mass is 277 g/mol. The van der Waals surface area contributed by atoms with Crippen LogP contribution in [0.15, 0.2) is 12.2 Å². The molecule has 20 heavy (non-hydrogen) atoms. The molecule has 1 N–H and O–H groups in total. The molecule has 0 aromatic carbocycles. The molecule has 110 valence electrons. The van der Waals surface area contributed by atoms with Crippen LogP contribution in [0.2, 0.25) is 0 Å². The third-order valence-corrected chi connectivity index (χ3v) is 5.46. The Hall–Kier alpha value is -1.32. The minimum Gasteiger partial charge on any atom is -0.481 e. The third kappa shape index (κ3) is 2.15. The van der Waals surface area contributed by atoms with E-state index >= 15 is 0 Å². The van der Waals surface area contributed by atoms with E-state index in [4.69, 9.17) is 0 Å². The van der Waals surface area contributed by atoms with Gasteiger partial charge in [0.25, 0.3) is 0 Å². The smallest absolute Gasteiger partial charge is 0.307 e. The van der Waals surface area contributed by atoms with Gasteiger partial charge in [-0.1, -0.05) is 26.0 Å². The van der Waals surface area contributed by atoms with Crippen molar-refractivity contribution in [2.45, 2.75) is 33.1 Å². The van der Waals surface area contributed by atoms with Gasteiger partial charge in [-0.2, -0.15) is 0 Å². The molecule has 2 aliphatic carbocycles. The van der Waals surface area contributed by atoms with Gasteiger partial charge < -0.3 is 10.0 Å². The van der Waals surface area contributed by atoms with E-state index in [0.717, 1.165) is 32.4 Å². The summed E-state index contributed by atoms with van der Waals surface area (Å²) in [4.78, 5) is 26.1. The Morgan fingerprint density at radius 1 is 1.10 bits per heavy atom. The number of allylic oxidation sites excluding steroid dienone is 2. The van der Waals surface area contributed by atoms with Gasteiger partial charge >= 0.3 is 5.97 Å². The molecule has 1 heterocycles. The first-order valence-electron chi connectivity index (χ1n) is 7.59. The van der Waals surface area contributed by atoms with E-state index < -0.39 is 11.9 Å². The Labute approximate surface area is 119 Å². The maximum atomic E-state index is 12.7. The van der Waals surface area contributed by atoms with E-state index in [0.29, 0.717) is 5.41 Å². The fourth-order valence-electron chi connectivity index (χ4n) is 4.04. The van der Waals surface area contributed by atoms with E-state index in [2.05, 4.69) is 19.9 Å². The van der Waals surface area contributed by atoms with Crippen LogP contribution < -0.4 is 0 Å². The van der Waals surface area contributed by atoms with E-state index in [-0.39, 0.29) is 23.7 Å². The van der Waals surface area contributed by atoms with Crippen molar-refractivity contribution in [1.29, 1.82) is 0 Å². The van der Waals surface area contributed by atoms with Gasteiger partial charge in [-0.25, -0.2) is 0 Å². The average Bonchev–Trinajstić information content (AvgIpc) is 2.97. The lowest BCUT2D eigenvalue weighted by molar-refractivity contribution is -0.151. The number of hydrogen-bond acceptors (Lipinski definition) is 2. The summed E-state index contributed by atoms with van der Waals surface area (Å²) in [5, 5.41) is 9.43. The summed E-state index contributed by atoms with van der Waals surface area (Å²) in [5.74, 6) is -1.37. The van der Waals surface area contributed by atoms with Gasteiger partial charge in [0, 0.05) is 13.1 Å². The van der Waals surface area contributed by atoms with Crippen molar-refractivity contribution in [1.82, 2.24) is 4.90 Å². The summed E-state index contributed by atoms with van der Waals surface area (Å²) in [6.07, 6.45) is 6.90. The molecule has 4 nitrogen and oxygen atoms in total. The highest BCUT2D eigenvalue weighted by Gasteiger charge is 2.52. The molecule has 4 heteroatoms. The highest BCUT2D eigenvalue weighted by molar-refractivity contribution is 5.87. The molecule has 1 saturated heterocycles. The topological polar surface area (TPSA) is 57.6 Å². The van der Waals surface area contributed by atoms with Crippen molar-refractivity contribution >= 4 is 11.9 Å². The molecule has 4 unspecified atom stereocenters. The summed E-state index contributed by atoms with van der Waals surface area (Å²) in [6.45, 7) is 6.01. The van der Waals surface area contributed by atoms with Crippen molar-refractivity contribution in [2.24, 2.45) is 29.1 Å². The summed E-state index contributed by atoms with van der Waals surface area (Å²) in [6, 6.07) is 0. The Kier molecular flexibility index (Phi) is 3.14. The van der Waals surface area contributed by atoms with Crippen LogP contribution in [-0.4, -0.2) is 35.0 Å². The zero-order chi connectivity index (χ0) is 14.5. The molecule has 0 radical (unpaired) electrons. The Balaban J connectivity index is 1.74. The number of likely N-dealkylation sites (tertiary alicyclic amines) is 1. The second-order valence-electron chi connectivity index (χ2n) is 7.33. The molecule has 2 bridgehead atoms. The number of carboxylic acids is 1. The second-order valence-corrected chi connectivity index (χ2v) is 7.33. The maximum absolute atomic E-state index is 12.7. The SMILES string of the molecule is CC1(C)CCN(C(=O)C2C3C=CC(C3)C2C(=O)O)CC1. The summed E-state index contributed by atoms with van der Waals surface area (Å²) >= 11 is 0. The number of piperidine rings is 1. The maximum Gasteiger partial charge on any atom is 0.307 e. The van der Waals surface area contributed by atoms with Gasteiger partial charge in [0.2, 0.25) is 5.91 Å². The zero-order valence-electron chi connectivity index (χ0n) is 12.2. The number of rotatable bonds is 2. The molecule has 1 saturated carbocycles. The van der Waals surface area contributed by atoms with Crippen LogP contribution in [0.1, 0.15) is 33.1 Å². The summed E-state index contributed by atoms with van der Waals surface area (Å²) in [5.41, 5.74) is 0.303. The number of hydrogen-bond donors (Lipinski definition) is 1. The van der Waals surface area contributed by atoms with E-state index in [1.54, 1.807) is 0 Å². The highest BCUT2D eigenvalue weighted by Crippen LogP contribution is 2.49. The fourth-order valence-corrected chi connectivity index (χ4v) is 4.04. The van der Waals surface area contributed by atoms with Gasteiger partial charge in [-0.3, -0.25) is 9.59 Å². The molecule has 2 fully saturated rings. The fraction of sp³-hybridized carbons (Fsp3) is 0.750. The van der Waals surface area contributed by atoms with Crippen molar-refractivity contribution < 1.29 is 14.7 Å². The van der Waals surface area contributed by atoms with Gasteiger partial charge in [-0.05, 0) is 36.5 Å². The van der Waals surface area contributed by atoms with E-state index in [1.807, 2.05) is 11.0 Å². The lowest BCUT2D eigenvalue weighted by Gasteiger charge is -2.39. The lowest BCUT2D eigenvalue weighted by Crippen LogP contribution is -2.47.